The van der Waals surface area contributed by atoms with E-state index in [1.165, 1.54) is 30.5 Å². The first kappa shape index (κ1) is 30.2. The molecule has 0 aliphatic carbocycles. The van der Waals surface area contributed by atoms with Crippen LogP contribution in [0.15, 0.2) is 80.1 Å². The summed E-state index contributed by atoms with van der Waals surface area (Å²) in [5.41, 5.74) is 3.95. The van der Waals surface area contributed by atoms with Gasteiger partial charge in [0.25, 0.3) is 0 Å². The third kappa shape index (κ3) is 8.62. The second-order valence-corrected chi connectivity index (χ2v) is 11.0. The van der Waals surface area contributed by atoms with Crippen molar-refractivity contribution < 1.29 is 32.6 Å². The molecule has 0 aliphatic rings. The van der Waals surface area contributed by atoms with E-state index in [0.717, 1.165) is 29.0 Å². The average molecular weight is 712 g/mol. The summed E-state index contributed by atoms with van der Waals surface area (Å²) in [6, 6.07) is 14.6. The Morgan fingerprint density at radius 1 is 1.07 bits per heavy atom. The van der Waals surface area contributed by atoms with Crippen LogP contribution in [-0.4, -0.2) is 28.2 Å². The van der Waals surface area contributed by atoms with Crippen molar-refractivity contribution in [2.24, 2.45) is 5.10 Å². The highest BCUT2D eigenvalue weighted by molar-refractivity contribution is 9.11. The molecule has 0 saturated heterocycles. The number of carbonyl (C=O) groups excluding carboxylic acids is 1. The number of amides is 1. The lowest BCUT2D eigenvalue weighted by molar-refractivity contribution is -0.137. The SMILES string of the molecule is O=C(Cc1csc(Nc2cccc(C(F)(F)F)c2)n1)N/N=C\c1cc(Br)c(OCc2ccc(C(=O)O)cc2)c(Br)c1. The van der Waals surface area contributed by atoms with E-state index in [0.29, 0.717) is 31.1 Å². The number of hydrogen-bond acceptors (Lipinski definition) is 7. The minimum absolute atomic E-state index is 0.0777. The van der Waals surface area contributed by atoms with Crippen LogP contribution < -0.4 is 15.5 Å². The van der Waals surface area contributed by atoms with Crippen LogP contribution in [0.4, 0.5) is 24.0 Å². The Kier molecular flexibility index (Phi) is 9.78. The Balaban J connectivity index is 1.29. The van der Waals surface area contributed by atoms with Crippen LogP contribution in [0, 0.1) is 0 Å². The summed E-state index contributed by atoms with van der Waals surface area (Å²) in [4.78, 5) is 27.6. The van der Waals surface area contributed by atoms with Gasteiger partial charge >= 0.3 is 12.1 Å². The maximum absolute atomic E-state index is 12.9. The molecule has 1 amide bonds. The second kappa shape index (κ2) is 13.3. The minimum Gasteiger partial charge on any atom is -0.487 e. The van der Waals surface area contributed by atoms with Crippen LogP contribution >= 0.6 is 43.2 Å². The predicted molar refractivity (Wildman–Crippen MR) is 156 cm³/mol. The number of aromatic nitrogens is 1. The topological polar surface area (TPSA) is 113 Å². The monoisotopic (exact) mass is 710 g/mol. The first-order valence-corrected chi connectivity index (χ1v) is 14.1. The fourth-order valence-electron chi connectivity index (χ4n) is 3.42. The third-order valence-electron chi connectivity index (χ3n) is 5.34. The molecule has 3 N–H and O–H groups in total. The lowest BCUT2D eigenvalue weighted by Crippen LogP contribution is -2.19. The van der Waals surface area contributed by atoms with Gasteiger partial charge in [-0.05, 0) is 85.5 Å². The molecule has 4 rings (SSSR count). The van der Waals surface area contributed by atoms with Gasteiger partial charge in [0, 0.05) is 11.1 Å². The van der Waals surface area contributed by atoms with Gasteiger partial charge in [-0.3, -0.25) is 4.79 Å². The number of halogens is 5. The smallest absolute Gasteiger partial charge is 0.416 e. The van der Waals surface area contributed by atoms with E-state index < -0.39 is 23.6 Å². The van der Waals surface area contributed by atoms with Crippen molar-refractivity contribution >= 4 is 72.1 Å². The molecule has 4 aromatic rings. The first-order valence-electron chi connectivity index (χ1n) is 11.6. The molecule has 14 heteroatoms. The lowest BCUT2D eigenvalue weighted by Gasteiger charge is -2.11. The summed E-state index contributed by atoms with van der Waals surface area (Å²) in [6.07, 6.45) is -3.08. The Hall–Kier alpha value is -3.75. The summed E-state index contributed by atoms with van der Waals surface area (Å²) >= 11 is 8.07. The van der Waals surface area contributed by atoms with Crippen LogP contribution in [0.1, 0.15) is 32.7 Å². The van der Waals surface area contributed by atoms with Crippen molar-refractivity contribution in [1.29, 1.82) is 0 Å². The molecule has 3 aromatic carbocycles. The molecule has 8 nitrogen and oxygen atoms in total. The molecule has 0 saturated carbocycles. The van der Waals surface area contributed by atoms with E-state index in [4.69, 9.17) is 9.84 Å². The molecule has 0 bridgehead atoms. The zero-order valence-electron chi connectivity index (χ0n) is 20.7. The first-order chi connectivity index (χ1) is 19.5. The number of carbonyl (C=O) groups is 2. The number of anilines is 2. The van der Waals surface area contributed by atoms with Gasteiger partial charge in [0.15, 0.2) is 5.13 Å². The number of nitrogens with one attached hydrogen (secondary N) is 2. The van der Waals surface area contributed by atoms with E-state index in [1.807, 2.05) is 0 Å². The zero-order valence-corrected chi connectivity index (χ0v) is 24.7. The zero-order chi connectivity index (χ0) is 29.6. The van der Waals surface area contributed by atoms with E-state index >= 15 is 0 Å². The van der Waals surface area contributed by atoms with Gasteiger partial charge in [-0.15, -0.1) is 11.3 Å². The molecule has 1 aromatic heterocycles. The van der Waals surface area contributed by atoms with Gasteiger partial charge in [-0.25, -0.2) is 15.2 Å². The number of aromatic carboxylic acids is 1. The van der Waals surface area contributed by atoms with Crippen molar-refractivity contribution in [1.82, 2.24) is 10.4 Å². The highest BCUT2D eigenvalue weighted by Crippen LogP contribution is 2.35. The number of benzene rings is 3. The van der Waals surface area contributed by atoms with Gasteiger partial charge < -0.3 is 15.2 Å². The number of thiazole rings is 1. The second-order valence-electron chi connectivity index (χ2n) is 8.42. The number of rotatable bonds is 10. The summed E-state index contributed by atoms with van der Waals surface area (Å²) in [5, 5.41) is 17.8. The normalized spacial score (nSPS) is 11.4. The molecule has 0 spiro atoms. The van der Waals surface area contributed by atoms with Gasteiger partial charge in [0.05, 0.1) is 38.4 Å². The Morgan fingerprint density at radius 3 is 2.44 bits per heavy atom. The number of carboxylic acid groups (broad SMARTS) is 1. The highest BCUT2D eigenvalue weighted by Gasteiger charge is 2.30. The Bertz CT molecular complexity index is 1570. The fourth-order valence-corrected chi connectivity index (χ4v) is 5.60. The van der Waals surface area contributed by atoms with Gasteiger partial charge in [-0.2, -0.15) is 18.3 Å². The molecule has 212 valence electrons. The van der Waals surface area contributed by atoms with Gasteiger partial charge in [-0.1, -0.05) is 18.2 Å². The largest absolute Gasteiger partial charge is 0.487 e. The maximum atomic E-state index is 12.9. The summed E-state index contributed by atoms with van der Waals surface area (Å²) < 4.78 is 45.9. The number of alkyl halides is 3. The number of nitrogens with zero attached hydrogens (tertiary/aromatic N) is 2. The summed E-state index contributed by atoms with van der Waals surface area (Å²) in [6.45, 7) is 0.217. The lowest BCUT2D eigenvalue weighted by atomic mass is 10.1. The fraction of sp³-hybridized carbons (Fsp3) is 0.111. The van der Waals surface area contributed by atoms with Crippen molar-refractivity contribution in [3.63, 3.8) is 0 Å². The van der Waals surface area contributed by atoms with Crippen LogP contribution in [0.25, 0.3) is 0 Å². The van der Waals surface area contributed by atoms with Crippen molar-refractivity contribution in [3.8, 4) is 5.75 Å². The Labute approximate surface area is 252 Å². The van der Waals surface area contributed by atoms with E-state index in [-0.39, 0.29) is 24.3 Å². The molecule has 41 heavy (non-hydrogen) atoms. The molecule has 1 heterocycles. The van der Waals surface area contributed by atoms with Crippen LogP contribution in [0.5, 0.6) is 5.75 Å². The number of carboxylic acids is 1. The highest BCUT2D eigenvalue weighted by atomic mass is 79.9. The van der Waals surface area contributed by atoms with E-state index in [1.54, 1.807) is 29.6 Å². The third-order valence-corrected chi connectivity index (χ3v) is 7.33. The molecule has 0 unspecified atom stereocenters. The van der Waals surface area contributed by atoms with Crippen molar-refractivity contribution in [2.75, 3.05) is 5.32 Å². The van der Waals surface area contributed by atoms with E-state index in [2.05, 4.69) is 52.7 Å². The van der Waals surface area contributed by atoms with Gasteiger partial charge in [0.2, 0.25) is 5.91 Å². The quantitative estimate of drug-likeness (QED) is 0.117. The molecule has 0 radical (unpaired) electrons. The standard InChI is InChI=1S/C27H19Br2F3N4O4S/c28-21-8-16(9-22(29)24(21)40-13-15-4-6-17(7-5-15)25(38)39)12-33-36-23(37)11-20-14-41-26(35-20)34-19-3-1-2-18(10-19)27(30,31)32/h1-10,12,14H,11,13H2,(H,34,35)(H,36,37)(H,38,39)/b33-12-. The van der Waals surface area contributed by atoms with Gasteiger partial charge in [0.1, 0.15) is 12.4 Å². The van der Waals surface area contributed by atoms with Crippen LogP contribution in [0.2, 0.25) is 0 Å². The molecular formula is C27H19Br2F3N4O4S. The maximum Gasteiger partial charge on any atom is 0.416 e. The molecule has 0 aliphatic heterocycles. The predicted octanol–water partition coefficient (Wildman–Crippen LogP) is 7.40. The average Bonchev–Trinajstić information content (AvgIpc) is 3.34. The number of ether oxygens (including phenoxy) is 1. The van der Waals surface area contributed by atoms with Crippen molar-refractivity contribution in [2.45, 2.75) is 19.2 Å². The summed E-state index contributed by atoms with van der Waals surface area (Å²) in [7, 11) is 0. The number of hydrogen-bond donors (Lipinski definition) is 3. The van der Waals surface area contributed by atoms with Crippen molar-refractivity contribution in [3.05, 3.63) is 103 Å². The molecule has 0 fully saturated rings. The minimum atomic E-state index is -4.45. The molecule has 0 atom stereocenters. The number of hydrazone groups is 1. The molecular weight excluding hydrogens is 693 g/mol. The Morgan fingerprint density at radius 2 is 1.78 bits per heavy atom. The van der Waals surface area contributed by atoms with Crippen LogP contribution in [0.3, 0.4) is 0 Å². The van der Waals surface area contributed by atoms with Crippen LogP contribution in [-0.2, 0) is 24.0 Å². The van der Waals surface area contributed by atoms with E-state index in [9.17, 15) is 22.8 Å². The summed E-state index contributed by atoms with van der Waals surface area (Å²) in [5.74, 6) is -0.894.